The lowest BCUT2D eigenvalue weighted by molar-refractivity contribution is -0.173. The SMILES string of the molecule is CCOC(=O)c1cnn2c1N[C@H](c1ccc(OC)cc1)C[C@H]2C(F)(F)F. The van der Waals surface area contributed by atoms with Crippen LogP contribution in [0.15, 0.2) is 30.5 Å². The molecule has 0 aliphatic carbocycles. The van der Waals surface area contributed by atoms with Gasteiger partial charge in [0, 0.05) is 6.42 Å². The van der Waals surface area contributed by atoms with E-state index >= 15 is 0 Å². The van der Waals surface area contributed by atoms with Gasteiger partial charge in [0.1, 0.15) is 17.1 Å². The molecule has 2 atom stereocenters. The van der Waals surface area contributed by atoms with Gasteiger partial charge >= 0.3 is 12.1 Å². The van der Waals surface area contributed by atoms with E-state index in [1.807, 2.05) is 0 Å². The molecular weight excluding hydrogens is 351 g/mol. The molecule has 1 aliphatic rings. The molecule has 1 aliphatic heterocycles. The Morgan fingerprint density at radius 2 is 2.04 bits per heavy atom. The minimum Gasteiger partial charge on any atom is -0.497 e. The summed E-state index contributed by atoms with van der Waals surface area (Å²) < 4.78 is 51.5. The first-order valence-corrected chi connectivity index (χ1v) is 8.07. The highest BCUT2D eigenvalue weighted by atomic mass is 19.4. The number of fused-ring (bicyclic) bond motifs is 1. The number of benzene rings is 1. The maximum atomic E-state index is 13.6. The van der Waals surface area contributed by atoms with Gasteiger partial charge in [-0.05, 0) is 24.6 Å². The Bertz CT molecular complexity index is 787. The van der Waals surface area contributed by atoms with E-state index in [0.29, 0.717) is 11.3 Å². The first kappa shape index (κ1) is 18.1. The second kappa shape index (κ2) is 6.89. The van der Waals surface area contributed by atoms with Crippen molar-refractivity contribution in [1.82, 2.24) is 9.78 Å². The second-order valence-corrected chi connectivity index (χ2v) is 5.84. The molecule has 1 aromatic carbocycles. The van der Waals surface area contributed by atoms with Crippen LogP contribution < -0.4 is 10.1 Å². The third-order valence-electron chi connectivity index (χ3n) is 4.25. The number of methoxy groups -OCH3 is 1. The summed E-state index contributed by atoms with van der Waals surface area (Å²) in [7, 11) is 1.51. The molecule has 0 bridgehead atoms. The van der Waals surface area contributed by atoms with E-state index in [9.17, 15) is 18.0 Å². The Morgan fingerprint density at radius 3 is 2.62 bits per heavy atom. The van der Waals surface area contributed by atoms with E-state index in [2.05, 4.69) is 10.4 Å². The number of hydrogen-bond donors (Lipinski definition) is 1. The number of anilines is 1. The summed E-state index contributed by atoms with van der Waals surface area (Å²) in [5.74, 6) is -0.0930. The monoisotopic (exact) mass is 369 g/mol. The van der Waals surface area contributed by atoms with Gasteiger partial charge in [0.05, 0.1) is 26.0 Å². The van der Waals surface area contributed by atoms with Crippen molar-refractivity contribution in [2.24, 2.45) is 0 Å². The summed E-state index contributed by atoms with van der Waals surface area (Å²) >= 11 is 0. The van der Waals surface area contributed by atoms with E-state index in [0.717, 1.165) is 10.9 Å². The molecule has 1 N–H and O–H groups in total. The summed E-state index contributed by atoms with van der Waals surface area (Å²) in [5.41, 5.74) is 0.640. The standard InChI is InChI=1S/C17H18F3N3O3/c1-3-26-16(24)12-9-21-23-14(17(18,19)20)8-13(22-15(12)23)10-4-6-11(25-2)7-5-10/h4-7,9,13-14,22H,3,8H2,1-2H3/t13-,14-/m0/s1. The molecule has 6 nitrogen and oxygen atoms in total. The molecule has 140 valence electrons. The van der Waals surface area contributed by atoms with Crippen molar-refractivity contribution < 1.29 is 27.4 Å². The van der Waals surface area contributed by atoms with Gasteiger partial charge in [-0.25, -0.2) is 9.48 Å². The van der Waals surface area contributed by atoms with Crippen molar-refractivity contribution in [2.45, 2.75) is 31.6 Å². The summed E-state index contributed by atoms with van der Waals surface area (Å²) in [6, 6.07) is 4.27. The van der Waals surface area contributed by atoms with Crippen molar-refractivity contribution in [3.63, 3.8) is 0 Å². The smallest absolute Gasteiger partial charge is 0.410 e. The molecule has 3 rings (SSSR count). The van der Waals surface area contributed by atoms with Gasteiger partial charge in [-0.2, -0.15) is 18.3 Å². The fraction of sp³-hybridized carbons (Fsp3) is 0.412. The van der Waals surface area contributed by atoms with E-state index in [1.54, 1.807) is 31.2 Å². The molecule has 26 heavy (non-hydrogen) atoms. The Morgan fingerprint density at radius 1 is 1.35 bits per heavy atom. The van der Waals surface area contributed by atoms with E-state index < -0.39 is 24.2 Å². The molecule has 1 aromatic heterocycles. The van der Waals surface area contributed by atoms with Crippen LogP contribution in [0.25, 0.3) is 0 Å². The molecule has 0 radical (unpaired) electrons. The van der Waals surface area contributed by atoms with Gasteiger partial charge in [-0.3, -0.25) is 0 Å². The van der Waals surface area contributed by atoms with Crippen LogP contribution in [0.4, 0.5) is 19.0 Å². The van der Waals surface area contributed by atoms with E-state index in [4.69, 9.17) is 9.47 Å². The maximum Gasteiger partial charge on any atom is 0.410 e. The van der Waals surface area contributed by atoms with Gasteiger partial charge in [0.15, 0.2) is 6.04 Å². The quantitative estimate of drug-likeness (QED) is 0.832. The zero-order valence-corrected chi connectivity index (χ0v) is 14.2. The highest BCUT2D eigenvalue weighted by molar-refractivity contribution is 5.94. The fourth-order valence-corrected chi connectivity index (χ4v) is 2.98. The van der Waals surface area contributed by atoms with Crippen molar-refractivity contribution in [3.05, 3.63) is 41.6 Å². The number of carbonyl (C=O) groups excluding carboxylic acids is 1. The molecular formula is C17H18F3N3O3. The number of rotatable bonds is 4. The fourth-order valence-electron chi connectivity index (χ4n) is 2.98. The van der Waals surface area contributed by atoms with Gasteiger partial charge in [0.2, 0.25) is 0 Å². The molecule has 0 fully saturated rings. The minimum atomic E-state index is -4.50. The topological polar surface area (TPSA) is 65.4 Å². The van der Waals surface area contributed by atoms with Gasteiger partial charge < -0.3 is 14.8 Å². The number of hydrogen-bond acceptors (Lipinski definition) is 5. The van der Waals surface area contributed by atoms with Gasteiger partial charge in [-0.15, -0.1) is 0 Å². The van der Waals surface area contributed by atoms with Crippen LogP contribution in [-0.4, -0.2) is 35.6 Å². The Hall–Kier alpha value is -2.71. The average Bonchev–Trinajstić information content (AvgIpc) is 3.04. The van der Waals surface area contributed by atoms with Crippen molar-refractivity contribution >= 4 is 11.8 Å². The molecule has 0 amide bonds. The summed E-state index contributed by atoms with van der Waals surface area (Å²) in [5, 5.41) is 6.78. The van der Waals surface area contributed by atoms with Gasteiger partial charge in [-0.1, -0.05) is 12.1 Å². The Balaban J connectivity index is 1.99. The number of aromatic nitrogens is 2. The second-order valence-electron chi connectivity index (χ2n) is 5.84. The predicted octanol–water partition coefficient (Wildman–Crippen LogP) is 3.73. The van der Waals surface area contributed by atoms with Crippen LogP contribution >= 0.6 is 0 Å². The third kappa shape index (κ3) is 3.33. The number of halogens is 3. The Labute approximate surface area is 147 Å². The largest absolute Gasteiger partial charge is 0.497 e. The van der Waals surface area contributed by atoms with E-state index in [1.165, 1.54) is 7.11 Å². The highest BCUT2D eigenvalue weighted by Gasteiger charge is 2.47. The predicted molar refractivity (Wildman–Crippen MR) is 87.3 cm³/mol. The lowest BCUT2D eigenvalue weighted by atomic mass is 9.96. The van der Waals surface area contributed by atoms with Crippen LogP contribution in [-0.2, 0) is 4.74 Å². The lowest BCUT2D eigenvalue weighted by Crippen LogP contribution is -2.36. The molecule has 2 heterocycles. The number of esters is 1. The number of nitrogens with zero attached hydrogens (tertiary/aromatic N) is 2. The molecule has 0 unspecified atom stereocenters. The third-order valence-corrected chi connectivity index (χ3v) is 4.25. The molecule has 2 aromatic rings. The first-order chi connectivity index (χ1) is 12.3. The lowest BCUT2D eigenvalue weighted by Gasteiger charge is -2.34. The number of alkyl halides is 3. The highest BCUT2D eigenvalue weighted by Crippen LogP contribution is 2.44. The van der Waals surface area contributed by atoms with Crippen molar-refractivity contribution in [1.29, 1.82) is 0 Å². The average molecular weight is 369 g/mol. The maximum absolute atomic E-state index is 13.6. The normalized spacial score (nSPS) is 19.4. The molecule has 0 saturated heterocycles. The van der Waals surface area contributed by atoms with Gasteiger partial charge in [0.25, 0.3) is 0 Å². The van der Waals surface area contributed by atoms with Crippen LogP contribution in [0, 0.1) is 0 Å². The van der Waals surface area contributed by atoms with Crippen LogP contribution in [0.3, 0.4) is 0 Å². The molecule has 0 spiro atoms. The number of ether oxygens (including phenoxy) is 2. The zero-order valence-electron chi connectivity index (χ0n) is 14.2. The summed E-state index contributed by atoms with van der Waals surface area (Å²) in [4.78, 5) is 12.0. The number of nitrogens with one attached hydrogen (secondary N) is 1. The van der Waals surface area contributed by atoms with Crippen LogP contribution in [0.5, 0.6) is 5.75 Å². The minimum absolute atomic E-state index is 0.0119. The summed E-state index contributed by atoms with van der Waals surface area (Å²) in [6.45, 7) is 1.74. The first-order valence-electron chi connectivity index (χ1n) is 8.07. The molecule has 0 saturated carbocycles. The van der Waals surface area contributed by atoms with Crippen LogP contribution in [0.2, 0.25) is 0 Å². The Kier molecular flexibility index (Phi) is 4.80. The van der Waals surface area contributed by atoms with Crippen molar-refractivity contribution in [2.75, 3.05) is 19.0 Å². The number of carbonyl (C=O) groups is 1. The van der Waals surface area contributed by atoms with Crippen LogP contribution in [0.1, 0.15) is 41.3 Å². The molecule has 9 heteroatoms. The van der Waals surface area contributed by atoms with Crippen molar-refractivity contribution in [3.8, 4) is 5.75 Å². The van der Waals surface area contributed by atoms with E-state index in [-0.39, 0.29) is 24.4 Å². The zero-order chi connectivity index (χ0) is 18.9. The summed E-state index contributed by atoms with van der Waals surface area (Å²) in [6.07, 6.45) is -3.64.